The van der Waals surface area contributed by atoms with Crippen molar-refractivity contribution >= 4 is 17.5 Å². The molecule has 8 heteroatoms. The molecule has 0 unspecified atom stereocenters. The summed E-state index contributed by atoms with van der Waals surface area (Å²) in [6.45, 7) is 12.8. The minimum atomic E-state index is -0.168. The van der Waals surface area contributed by atoms with E-state index in [0.29, 0.717) is 29.3 Å². The van der Waals surface area contributed by atoms with E-state index in [-0.39, 0.29) is 17.3 Å². The average molecular weight is 551 g/mol. The van der Waals surface area contributed by atoms with Crippen molar-refractivity contribution in [1.82, 2.24) is 19.9 Å². The molecule has 1 amide bonds. The third kappa shape index (κ3) is 7.14. The van der Waals surface area contributed by atoms with Gasteiger partial charge in [0.1, 0.15) is 5.82 Å². The van der Waals surface area contributed by atoms with Crippen LogP contribution in [0.5, 0.6) is 0 Å². The summed E-state index contributed by atoms with van der Waals surface area (Å²) in [5.74, 6) is 1.08. The van der Waals surface area contributed by atoms with Gasteiger partial charge < -0.3 is 15.8 Å². The first kappa shape index (κ1) is 28.4. The van der Waals surface area contributed by atoms with Crippen molar-refractivity contribution in [3.05, 3.63) is 100 Å². The summed E-state index contributed by atoms with van der Waals surface area (Å²) in [5, 5.41) is 3.05. The molecule has 212 valence electrons. The molecule has 4 aromatic rings. The number of carbonyl (C=O) groups is 1. The fourth-order valence-electron chi connectivity index (χ4n) is 4.93. The Morgan fingerprint density at radius 3 is 2.29 bits per heavy atom. The summed E-state index contributed by atoms with van der Waals surface area (Å²) in [7, 11) is 0. The number of morpholine rings is 1. The van der Waals surface area contributed by atoms with Crippen molar-refractivity contribution in [2.24, 2.45) is 0 Å². The van der Waals surface area contributed by atoms with Crippen molar-refractivity contribution in [3.8, 4) is 11.4 Å². The molecule has 0 aliphatic carbocycles. The van der Waals surface area contributed by atoms with Gasteiger partial charge >= 0.3 is 0 Å². The number of hydrogen-bond donors (Lipinski definition) is 2. The molecule has 3 N–H and O–H groups in total. The van der Waals surface area contributed by atoms with Crippen molar-refractivity contribution in [2.45, 2.75) is 46.1 Å². The Hall–Kier alpha value is -4.14. The molecule has 8 nitrogen and oxygen atoms in total. The zero-order valence-electron chi connectivity index (χ0n) is 24.3. The molecule has 1 aliphatic rings. The molecule has 0 saturated carbocycles. The van der Waals surface area contributed by atoms with Gasteiger partial charge in [-0.05, 0) is 52.8 Å². The topological polar surface area (TPSA) is 106 Å². The van der Waals surface area contributed by atoms with E-state index in [0.717, 1.165) is 49.5 Å². The Balaban J connectivity index is 1.30. The number of ether oxygens (including phenoxy) is 1. The fourth-order valence-corrected chi connectivity index (χ4v) is 4.93. The SMILES string of the molecule is Cc1c(NC(=O)c2ccc(C(C)(C)C)cc2)cccc1-c1nc(N)nc(Cc2ccc(CN3CCOCC3)cc2)n1. The van der Waals surface area contributed by atoms with Gasteiger partial charge in [-0.2, -0.15) is 9.97 Å². The Morgan fingerprint density at radius 1 is 0.927 bits per heavy atom. The quantitative estimate of drug-likeness (QED) is 0.317. The maximum absolute atomic E-state index is 13.0. The number of anilines is 2. The third-order valence-corrected chi connectivity index (χ3v) is 7.43. The standard InChI is InChI=1S/C33H38N6O2/c1-22-27(6-5-7-28(22)35-31(40)25-12-14-26(15-13-25)33(2,3)4)30-36-29(37-32(34)38-30)20-23-8-10-24(11-9-23)21-39-16-18-41-19-17-39/h5-15H,16-21H2,1-4H3,(H,35,40)(H2,34,36,37,38). The van der Waals surface area contributed by atoms with Crippen molar-refractivity contribution < 1.29 is 9.53 Å². The number of amides is 1. The molecule has 0 spiro atoms. The predicted molar refractivity (Wildman–Crippen MR) is 163 cm³/mol. The van der Waals surface area contributed by atoms with E-state index >= 15 is 0 Å². The van der Waals surface area contributed by atoms with Crippen LogP contribution in [0.15, 0.2) is 66.7 Å². The van der Waals surface area contributed by atoms with Crippen LogP contribution in [0.25, 0.3) is 11.4 Å². The van der Waals surface area contributed by atoms with Gasteiger partial charge in [-0.25, -0.2) is 4.98 Å². The molecule has 1 aromatic heterocycles. The van der Waals surface area contributed by atoms with Gasteiger partial charge in [0.25, 0.3) is 5.91 Å². The molecule has 41 heavy (non-hydrogen) atoms. The summed E-state index contributed by atoms with van der Waals surface area (Å²) < 4.78 is 5.45. The summed E-state index contributed by atoms with van der Waals surface area (Å²) in [6.07, 6.45) is 0.539. The molecule has 0 bridgehead atoms. The number of benzene rings is 3. The van der Waals surface area contributed by atoms with E-state index in [4.69, 9.17) is 15.5 Å². The summed E-state index contributed by atoms with van der Waals surface area (Å²) in [6, 6.07) is 22.0. The first-order valence-electron chi connectivity index (χ1n) is 14.1. The maximum atomic E-state index is 13.0. The highest BCUT2D eigenvalue weighted by atomic mass is 16.5. The zero-order valence-corrected chi connectivity index (χ0v) is 24.3. The molecule has 1 aliphatic heterocycles. The van der Waals surface area contributed by atoms with Crippen LogP contribution < -0.4 is 11.1 Å². The predicted octanol–water partition coefficient (Wildman–Crippen LogP) is 5.40. The van der Waals surface area contributed by atoms with Crippen molar-refractivity contribution in [3.63, 3.8) is 0 Å². The van der Waals surface area contributed by atoms with Gasteiger partial charge in [0.05, 0.1) is 13.2 Å². The van der Waals surface area contributed by atoms with Gasteiger partial charge in [-0.1, -0.05) is 69.3 Å². The van der Waals surface area contributed by atoms with E-state index in [1.165, 1.54) is 11.1 Å². The molecule has 5 rings (SSSR count). The summed E-state index contributed by atoms with van der Waals surface area (Å²) in [5.41, 5.74) is 12.6. The molecular formula is C33H38N6O2. The first-order chi connectivity index (χ1) is 19.7. The van der Waals surface area contributed by atoms with E-state index in [9.17, 15) is 4.79 Å². The van der Waals surface area contributed by atoms with Crippen LogP contribution in [-0.4, -0.2) is 52.1 Å². The highest BCUT2D eigenvalue weighted by Crippen LogP contribution is 2.28. The minimum Gasteiger partial charge on any atom is -0.379 e. The lowest BCUT2D eigenvalue weighted by Gasteiger charge is -2.26. The van der Waals surface area contributed by atoms with E-state index in [1.807, 2.05) is 49.4 Å². The molecule has 0 radical (unpaired) electrons. The van der Waals surface area contributed by atoms with Crippen LogP contribution >= 0.6 is 0 Å². The van der Waals surface area contributed by atoms with Crippen LogP contribution in [0.4, 0.5) is 11.6 Å². The largest absolute Gasteiger partial charge is 0.379 e. The second-order valence-corrected chi connectivity index (χ2v) is 11.6. The van der Waals surface area contributed by atoms with E-state index < -0.39 is 0 Å². The van der Waals surface area contributed by atoms with Gasteiger partial charge in [0.2, 0.25) is 5.95 Å². The van der Waals surface area contributed by atoms with Crippen LogP contribution in [-0.2, 0) is 23.1 Å². The smallest absolute Gasteiger partial charge is 0.255 e. The molecular weight excluding hydrogens is 512 g/mol. The van der Waals surface area contributed by atoms with Gasteiger partial charge in [0, 0.05) is 42.9 Å². The van der Waals surface area contributed by atoms with Gasteiger partial charge in [-0.3, -0.25) is 9.69 Å². The highest BCUT2D eigenvalue weighted by molar-refractivity contribution is 6.05. The second kappa shape index (κ2) is 12.2. The Morgan fingerprint density at radius 2 is 1.61 bits per heavy atom. The zero-order chi connectivity index (χ0) is 29.0. The average Bonchev–Trinajstić information content (AvgIpc) is 2.95. The second-order valence-electron chi connectivity index (χ2n) is 11.6. The molecule has 0 atom stereocenters. The number of carbonyl (C=O) groups excluding carboxylic acids is 1. The fraction of sp³-hybridized carbons (Fsp3) is 0.333. The number of nitrogens with two attached hydrogens (primary N) is 1. The molecule has 1 fully saturated rings. The maximum Gasteiger partial charge on any atom is 0.255 e. The van der Waals surface area contributed by atoms with Gasteiger partial charge in [0.15, 0.2) is 5.82 Å². The van der Waals surface area contributed by atoms with E-state index in [2.05, 4.69) is 65.2 Å². The molecule has 1 saturated heterocycles. The van der Waals surface area contributed by atoms with E-state index in [1.54, 1.807) is 0 Å². The third-order valence-electron chi connectivity index (χ3n) is 7.43. The number of nitrogens with zero attached hydrogens (tertiary/aromatic N) is 4. The van der Waals surface area contributed by atoms with Crippen molar-refractivity contribution in [2.75, 3.05) is 37.4 Å². The lowest BCUT2D eigenvalue weighted by Crippen LogP contribution is -2.35. The van der Waals surface area contributed by atoms with Crippen LogP contribution in [0.1, 0.15) is 59.2 Å². The van der Waals surface area contributed by atoms with Crippen LogP contribution in [0.2, 0.25) is 0 Å². The van der Waals surface area contributed by atoms with Gasteiger partial charge in [-0.15, -0.1) is 0 Å². The Labute approximate surface area is 242 Å². The number of aromatic nitrogens is 3. The first-order valence-corrected chi connectivity index (χ1v) is 14.1. The number of hydrogen-bond acceptors (Lipinski definition) is 7. The Kier molecular flexibility index (Phi) is 8.42. The van der Waals surface area contributed by atoms with Crippen LogP contribution in [0.3, 0.4) is 0 Å². The van der Waals surface area contributed by atoms with Crippen LogP contribution in [0, 0.1) is 6.92 Å². The molecule has 3 aromatic carbocycles. The highest BCUT2D eigenvalue weighted by Gasteiger charge is 2.17. The monoisotopic (exact) mass is 550 g/mol. The lowest BCUT2D eigenvalue weighted by atomic mass is 9.86. The lowest BCUT2D eigenvalue weighted by molar-refractivity contribution is 0.0342. The normalized spacial score (nSPS) is 14.1. The summed E-state index contributed by atoms with van der Waals surface area (Å²) >= 11 is 0. The van der Waals surface area contributed by atoms with Crippen molar-refractivity contribution in [1.29, 1.82) is 0 Å². The number of nitrogen functional groups attached to an aromatic ring is 1. The minimum absolute atomic E-state index is 0.0255. The summed E-state index contributed by atoms with van der Waals surface area (Å²) in [4.78, 5) is 29.0. The number of rotatable bonds is 7. The Bertz CT molecular complexity index is 1500. The number of nitrogens with one attached hydrogen (secondary N) is 1. The molecule has 2 heterocycles.